The number of benzene rings is 1. The molecule has 26 heavy (non-hydrogen) atoms. The molecule has 0 saturated carbocycles. The predicted molar refractivity (Wildman–Crippen MR) is 93.2 cm³/mol. The number of aromatic nitrogens is 4. The van der Waals surface area contributed by atoms with Gasteiger partial charge in [0.15, 0.2) is 5.76 Å². The van der Waals surface area contributed by atoms with Crippen molar-refractivity contribution in [3.8, 4) is 11.5 Å². The maximum Gasteiger partial charge on any atom is 0.293 e. The first-order valence-electron chi connectivity index (χ1n) is 8.01. The molecule has 0 fully saturated rings. The topological polar surface area (TPSA) is 94.4 Å². The number of nitrogens with zero attached hydrogens (tertiary/aromatic N) is 4. The van der Waals surface area contributed by atoms with Crippen molar-refractivity contribution >= 4 is 11.4 Å². The Morgan fingerprint density at radius 3 is 2.77 bits per heavy atom. The Hall–Kier alpha value is -3.68. The van der Waals surface area contributed by atoms with Crippen LogP contribution in [0.5, 0.6) is 0 Å². The fourth-order valence-corrected chi connectivity index (χ4v) is 2.58. The molecule has 4 rings (SSSR count). The Morgan fingerprint density at radius 1 is 1.15 bits per heavy atom. The summed E-state index contributed by atoms with van der Waals surface area (Å²) in [5.41, 5.74) is 1.44. The molecule has 3 aromatic heterocycles. The van der Waals surface area contributed by atoms with Crippen LogP contribution in [0.3, 0.4) is 0 Å². The number of hydrogen-bond donors (Lipinski definition) is 1. The fraction of sp³-hybridized carbons (Fsp3) is 0.111. The van der Waals surface area contributed by atoms with Gasteiger partial charge in [-0.15, -0.1) is 0 Å². The molecular weight excluding hydrogens is 334 g/mol. The van der Waals surface area contributed by atoms with Gasteiger partial charge in [-0.3, -0.25) is 9.59 Å². The van der Waals surface area contributed by atoms with E-state index in [0.29, 0.717) is 23.5 Å². The van der Waals surface area contributed by atoms with Gasteiger partial charge in [0.05, 0.1) is 6.26 Å². The van der Waals surface area contributed by atoms with Gasteiger partial charge in [-0.25, -0.2) is 9.20 Å². The van der Waals surface area contributed by atoms with Crippen LogP contribution < -0.4 is 10.9 Å². The van der Waals surface area contributed by atoms with Gasteiger partial charge in [0, 0.05) is 12.6 Å². The minimum absolute atomic E-state index is 0.163. The van der Waals surface area contributed by atoms with Crippen LogP contribution in [0.15, 0.2) is 70.3 Å². The molecule has 0 aliphatic carbocycles. The van der Waals surface area contributed by atoms with E-state index in [-0.39, 0.29) is 12.5 Å². The highest BCUT2D eigenvalue weighted by molar-refractivity contribution is 5.75. The van der Waals surface area contributed by atoms with Crippen LogP contribution in [-0.4, -0.2) is 25.3 Å². The second kappa shape index (κ2) is 6.67. The Labute approximate surface area is 147 Å². The molecule has 3 heterocycles. The molecular formula is C18H15N5O3. The van der Waals surface area contributed by atoms with Crippen molar-refractivity contribution in [1.82, 2.24) is 24.7 Å². The number of fused-ring (bicyclic) bond motifs is 1. The quantitative estimate of drug-likeness (QED) is 0.589. The van der Waals surface area contributed by atoms with Crippen LogP contribution in [0.25, 0.3) is 17.0 Å². The summed E-state index contributed by atoms with van der Waals surface area (Å²) in [4.78, 5) is 24.7. The van der Waals surface area contributed by atoms with E-state index in [1.54, 1.807) is 18.2 Å². The molecule has 4 aromatic rings. The van der Waals surface area contributed by atoms with Gasteiger partial charge in [-0.2, -0.15) is 10.2 Å². The van der Waals surface area contributed by atoms with E-state index in [0.717, 1.165) is 10.2 Å². The zero-order chi connectivity index (χ0) is 17.9. The number of carbonyl (C=O) groups is 1. The van der Waals surface area contributed by atoms with Crippen LogP contribution in [-0.2, 0) is 17.9 Å². The Balaban J connectivity index is 1.52. The Morgan fingerprint density at radius 2 is 2.00 bits per heavy atom. The summed E-state index contributed by atoms with van der Waals surface area (Å²) in [7, 11) is 0. The highest BCUT2D eigenvalue weighted by Gasteiger charge is 2.13. The van der Waals surface area contributed by atoms with E-state index in [9.17, 15) is 9.59 Å². The van der Waals surface area contributed by atoms with E-state index in [1.807, 2.05) is 30.3 Å². The maximum atomic E-state index is 12.6. The van der Waals surface area contributed by atoms with E-state index in [2.05, 4.69) is 15.5 Å². The molecule has 0 atom stereocenters. The third-order valence-electron chi connectivity index (χ3n) is 3.89. The third-order valence-corrected chi connectivity index (χ3v) is 3.89. The number of hydrogen-bond acceptors (Lipinski definition) is 5. The number of furan rings is 1. The minimum Gasteiger partial charge on any atom is -0.463 e. The first kappa shape index (κ1) is 15.8. The van der Waals surface area contributed by atoms with Crippen molar-refractivity contribution in [1.29, 1.82) is 0 Å². The molecule has 0 unspecified atom stereocenters. The van der Waals surface area contributed by atoms with Crippen LogP contribution in [0.2, 0.25) is 0 Å². The van der Waals surface area contributed by atoms with Gasteiger partial charge >= 0.3 is 0 Å². The second-order valence-corrected chi connectivity index (χ2v) is 5.69. The van der Waals surface area contributed by atoms with Gasteiger partial charge in [-0.1, -0.05) is 30.3 Å². The highest BCUT2D eigenvalue weighted by atomic mass is 16.3. The highest BCUT2D eigenvalue weighted by Crippen LogP contribution is 2.18. The normalized spacial score (nSPS) is 10.9. The number of amides is 1. The van der Waals surface area contributed by atoms with Crippen molar-refractivity contribution in [3.63, 3.8) is 0 Å². The molecule has 0 aliphatic rings. The predicted octanol–water partition coefficient (Wildman–Crippen LogP) is 1.47. The molecule has 0 spiro atoms. The lowest BCUT2D eigenvalue weighted by molar-refractivity contribution is -0.122. The van der Waals surface area contributed by atoms with Gasteiger partial charge in [0.2, 0.25) is 5.91 Å². The molecule has 1 aromatic carbocycles. The number of nitrogens with one attached hydrogen (secondary N) is 1. The fourth-order valence-electron chi connectivity index (χ4n) is 2.58. The summed E-state index contributed by atoms with van der Waals surface area (Å²) in [6, 6.07) is 14.7. The van der Waals surface area contributed by atoms with Crippen LogP contribution in [0.4, 0.5) is 0 Å². The molecule has 0 bridgehead atoms. The number of rotatable bonds is 5. The third kappa shape index (κ3) is 3.12. The molecule has 0 radical (unpaired) electrons. The molecule has 1 amide bonds. The monoisotopic (exact) mass is 349 g/mol. The first-order chi connectivity index (χ1) is 12.7. The zero-order valence-electron chi connectivity index (χ0n) is 13.7. The van der Waals surface area contributed by atoms with E-state index in [1.165, 1.54) is 17.1 Å². The molecule has 8 nitrogen and oxygen atoms in total. The van der Waals surface area contributed by atoms with Crippen molar-refractivity contribution in [2.24, 2.45) is 0 Å². The molecule has 130 valence electrons. The smallest absolute Gasteiger partial charge is 0.293 e. The summed E-state index contributed by atoms with van der Waals surface area (Å²) in [5.74, 6) is 0.263. The van der Waals surface area contributed by atoms with Gasteiger partial charge in [-0.05, 0) is 17.7 Å². The average Bonchev–Trinajstić information content (AvgIpc) is 3.33. The maximum absolute atomic E-state index is 12.6. The van der Waals surface area contributed by atoms with Crippen LogP contribution in [0.1, 0.15) is 5.56 Å². The van der Waals surface area contributed by atoms with Crippen molar-refractivity contribution in [3.05, 3.63) is 77.0 Å². The minimum atomic E-state index is -0.396. The zero-order valence-corrected chi connectivity index (χ0v) is 13.7. The van der Waals surface area contributed by atoms with Gasteiger partial charge < -0.3 is 9.73 Å². The average molecular weight is 349 g/mol. The molecule has 0 saturated heterocycles. The SMILES string of the molecule is O=C(Cn1ncn2nc(-c3ccco3)cc2c1=O)NCc1ccccc1. The van der Waals surface area contributed by atoms with Crippen molar-refractivity contribution in [2.45, 2.75) is 13.1 Å². The summed E-state index contributed by atoms with van der Waals surface area (Å²) < 4.78 is 7.78. The molecule has 0 aliphatic heterocycles. The first-order valence-corrected chi connectivity index (χ1v) is 8.01. The van der Waals surface area contributed by atoms with Crippen molar-refractivity contribution < 1.29 is 9.21 Å². The van der Waals surface area contributed by atoms with E-state index < -0.39 is 5.56 Å². The molecule has 1 N–H and O–H groups in total. The number of carbonyl (C=O) groups excluding carboxylic acids is 1. The lowest BCUT2D eigenvalue weighted by atomic mass is 10.2. The lowest BCUT2D eigenvalue weighted by Crippen LogP contribution is -2.34. The lowest BCUT2D eigenvalue weighted by Gasteiger charge is -2.06. The standard InChI is InChI=1S/C18H15N5O3/c24-17(19-10-13-5-2-1-3-6-13)11-22-18(25)15-9-14(16-7-4-8-26-16)21-23(15)12-20-22/h1-9,12H,10-11H2,(H,19,24). The van der Waals surface area contributed by atoms with E-state index in [4.69, 9.17) is 4.42 Å². The van der Waals surface area contributed by atoms with Crippen LogP contribution in [0, 0.1) is 0 Å². The van der Waals surface area contributed by atoms with Gasteiger partial charge in [0.1, 0.15) is 24.1 Å². The van der Waals surface area contributed by atoms with Crippen LogP contribution >= 0.6 is 0 Å². The van der Waals surface area contributed by atoms with Crippen molar-refractivity contribution in [2.75, 3.05) is 0 Å². The second-order valence-electron chi connectivity index (χ2n) is 5.69. The molecule has 8 heteroatoms. The summed E-state index contributed by atoms with van der Waals surface area (Å²) in [6.07, 6.45) is 2.93. The van der Waals surface area contributed by atoms with E-state index >= 15 is 0 Å². The Kier molecular flexibility index (Phi) is 4.06. The summed E-state index contributed by atoms with van der Waals surface area (Å²) >= 11 is 0. The summed E-state index contributed by atoms with van der Waals surface area (Å²) in [6.45, 7) is 0.232. The largest absolute Gasteiger partial charge is 0.463 e. The Bertz CT molecular complexity index is 1100. The van der Waals surface area contributed by atoms with Gasteiger partial charge in [0.25, 0.3) is 5.56 Å². The summed E-state index contributed by atoms with van der Waals surface area (Å²) in [5, 5.41) is 11.0.